The predicted octanol–water partition coefficient (Wildman–Crippen LogP) is 2.79. The molecule has 2 saturated heterocycles. The van der Waals surface area contributed by atoms with Gasteiger partial charge in [-0.15, -0.1) is 0 Å². The third kappa shape index (κ3) is 5.82. The SMILES string of the molecule is CCOC(=O)[C@H]1CC[C@H](OC(C(=O)OC(C)(C)C)(N2CCCC2)N2CC(COC)C2)CC1. The van der Waals surface area contributed by atoms with Crippen LogP contribution in [0.3, 0.4) is 0 Å². The number of likely N-dealkylation sites (tertiary alicyclic amines) is 2. The monoisotopic (exact) mass is 454 g/mol. The Bertz CT molecular complexity index is 631. The van der Waals surface area contributed by atoms with Crippen molar-refractivity contribution < 1.29 is 28.5 Å². The lowest BCUT2D eigenvalue weighted by Gasteiger charge is -2.54. The minimum Gasteiger partial charge on any atom is -0.466 e. The first-order valence-corrected chi connectivity index (χ1v) is 12.3. The summed E-state index contributed by atoms with van der Waals surface area (Å²) >= 11 is 0. The Morgan fingerprint density at radius 3 is 2.12 bits per heavy atom. The molecule has 0 aromatic carbocycles. The molecule has 2 heterocycles. The van der Waals surface area contributed by atoms with E-state index in [4.69, 9.17) is 18.9 Å². The number of methoxy groups -OCH3 is 1. The summed E-state index contributed by atoms with van der Waals surface area (Å²) in [5.74, 6) is -1.35. The summed E-state index contributed by atoms with van der Waals surface area (Å²) in [6.45, 7) is 11.7. The summed E-state index contributed by atoms with van der Waals surface area (Å²) in [5, 5.41) is 0. The third-order valence-corrected chi connectivity index (χ3v) is 6.61. The average molecular weight is 455 g/mol. The topological polar surface area (TPSA) is 77.5 Å². The molecule has 1 atom stereocenters. The van der Waals surface area contributed by atoms with E-state index in [2.05, 4.69) is 9.80 Å². The van der Waals surface area contributed by atoms with Gasteiger partial charge in [0.05, 0.1) is 25.2 Å². The summed E-state index contributed by atoms with van der Waals surface area (Å²) in [6.07, 6.45) is 4.89. The Morgan fingerprint density at radius 2 is 1.59 bits per heavy atom. The zero-order chi connectivity index (χ0) is 23.4. The second-order valence-electron chi connectivity index (χ2n) is 10.4. The van der Waals surface area contributed by atoms with Gasteiger partial charge in [0.1, 0.15) is 5.60 Å². The quantitative estimate of drug-likeness (QED) is 0.492. The molecule has 3 rings (SSSR count). The van der Waals surface area contributed by atoms with Crippen molar-refractivity contribution in [1.29, 1.82) is 0 Å². The molecule has 8 nitrogen and oxygen atoms in total. The highest BCUT2D eigenvalue weighted by Gasteiger charge is 2.58. The van der Waals surface area contributed by atoms with E-state index >= 15 is 0 Å². The van der Waals surface area contributed by atoms with Crippen LogP contribution in [0.25, 0.3) is 0 Å². The number of ether oxygens (including phenoxy) is 4. The van der Waals surface area contributed by atoms with Gasteiger partial charge in [-0.05, 0) is 66.2 Å². The molecule has 8 heteroatoms. The fourth-order valence-corrected chi connectivity index (χ4v) is 5.09. The number of carbonyl (C=O) groups excluding carboxylic acids is 2. The highest BCUT2D eigenvalue weighted by Crippen LogP contribution is 2.39. The van der Waals surface area contributed by atoms with Crippen LogP contribution >= 0.6 is 0 Å². The molecule has 3 aliphatic rings. The summed E-state index contributed by atoms with van der Waals surface area (Å²) in [6, 6.07) is 0. The summed E-state index contributed by atoms with van der Waals surface area (Å²) < 4.78 is 23.3. The summed E-state index contributed by atoms with van der Waals surface area (Å²) in [4.78, 5) is 30.2. The van der Waals surface area contributed by atoms with Crippen LogP contribution in [0.4, 0.5) is 0 Å². The summed E-state index contributed by atoms with van der Waals surface area (Å²) in [5.41, 5.74) is -0.607. The second kappa shape index (κ2) is 10.8. The van der Waals surface area contributed by atoms with Crippen molar-refractivity contribution in [2.75, 3.05) is 46.5 Å². The molecule has 0 aromatic heterocycles. The first kappa shape index (κ1) is 25.4. The van der Waals surface area contributed by atoms with E-state index in [0.29, 0.717) is 19.1 Å². The van der Waals surface area contributed by atoms with Crippen LogP contribution in [-0.2, 0) is 28.5 Å². The van der Waals surface area contributed by atoms with Gasteiger partial charge in [-0.2, -0.15) is 0 Å². The van der Waals surface area contributed by atoms with Gasteiger partial charge in [-0.25, -0.2) is 4.79 Å². The zero-order valence-corrected chi connectivity index (χ0v) is 20.6. The molecule has 1 aliphatic carbocycles. The van der Waals surface area contributed by atoms with Crippen molar-refractivity contribution in [2.45, 2.75) is 83.8 Å². The molecular formula is C24H42N2O6. The average Bonchev–Trinajstić information content (AvgIpc) is 3.23. The largest absolute Gasteiger partial charge is 0.466 e. The molecule has 32 heavy (non-hydrogen) atoms. The van der Waals surface area contributed by atoms with Crippen molar-refractivity contribution in [3.63, 3.8) is 0 Å². The second-order valence-corrected chi connectivity index (χ2v) is 10.4. The molecule has 1 unspecified atom stereocenters. The molecule has 2 aliphatic heterocycles. The first-order valence-electron chi connectivity index (χ1n) is 12.3. The van der Waals surface area contributed by atoms with Crippen LogP contribution in [0, 0.1) is 11.8 Å². The Morgan fingerprint density at radius 1 is 0.969 bits per heavy atom. The molecule has 0 N–H and O–H groups in total. The van der Waals surface area contributed by atoms with E-state index < -0.39 is 11.4 Å². The standard InChI is InChI=1S/C24H42N2O6/c1-6-30-21(27)19-9-11-20(12-10-19)31-24(25-13-7-8-14-25,22(28)32-23(2,3)4)26-15-18(16-26)17-29-5/h18-20H,6-17H2,1-5H3/t19-,20-,24?. The Kier molecular flexibility index (Phi) is 8.58. The lowest BCUT2D eigenvalue weighted by molar-refractivity contribution is -0.295. The fraction of sp³-hybridized carbons (Fsp3) is 0.917. The third-order valence-electron chi connectivity index (χ3n) is 6.61. The van der Waals surface area contributed by atoms with Crippen LogP contribution in [0.1, 0.15) is 66.2 Å². The van der Waals surface area contributed by atoms with E-state index in [9.17, 15) is 9.59 Å². The smallest absolute Gasteiger partial charge is 0.371 e. The van der Waals surface area contributed by atoms with Gasteiger partial charge in [0, 0.05) is 39.2 Å². The molecule has 0 amide bonds. The van der Waals surface area contributed by atoms with E-state index in [-0.39, 0.29) is 24.0 Å². The molecular weight excluding hydrogens is 412 g/mol. The zero-order valence-electron chi connectivity index (χ0n) is 20.6. The Hall–Kier alpha value is -1.22. The van der Waals surface area contributed by atoms with E-state index in [1.807, 2.05) is 27.7 Å². The predicted molar refractivity (Wildman–Crippen MR) is 120 cm³/mol. The molecule has 0 bridgehead atoms. The van der Waals surface area contributed by atoms with Crippen molar-refractivity contribution in [2.24, 2.45) is 11.8 Å². The van der Waals surface area contributed by atoms with Crippen molar-refractivity contribution in [3.8, 4) is 0 Å². The van der Waals surface area contributed by atoms with Gasteiger partial charge in [-0.3, -0.25) is 14.6 Å². The van der Waals surface area contributed by atoms with Crippen molar-refractivity contribution >= 4 is 11.9 Å². The number of rotatable bonds is 9. The lowest BCUT2D eigenvalue weighted by Crippen LogP contribution is -2.73. The van der Waals surface area contributed by atoms with Crippen LogP contribution in [0.5, 0.6) is 0 Å². The minimum atomic E-state index is -1.21. The molecule has 1 saturated carbocycles. The van der Waals surface area contributed by atoms with Crippen LogP contribution in [0.15, 0.2) is 0 Å². The molecule has 3 fully saturated rings. The minimum absolute atomic E-state index is 0.0763. The molecule has 0 aromatic rings. The van der Waals surface area contributed by atoms with Gasteiger partial charge in [0.2, 0.25) is 0 Å². The van der Waals surface area contributed by atoms with Crippen LogP contribution < -0.4 is 0 Å². The Balaban J connectivity index is 1.79. The molecule has 184 valence electrons. The number of esters is 2. The van der Waals surface area contributed by atoms with Crippen molar-refractivity contribution in [1.82, 2.24) is 9.80 Å². The fourth-order valence-electron chi connectivity index (χ4n) is 5.09. The molecule has 0 spiro atoms. The first-order chi connectivity index (χ1) is 15.2. The maximum Gasteiger partial charge on any atom is 0.371 e. The number of carbonyl (C=O) groups is 2. The number of hydrogen-bond acceptors (Lipinski definition) is 8. The number of nitrogens with zero attached hydrogens (tertiary/aromatic N) is 2. The normalized spacial score (nSPS) is 27.5. The lowest BCUT2D eigenvalue weighted by atomic mass is 9.87. The number of hydrogen-bond donors (Lipinski definition) is 0. The van der Waals surface area contributed by atoms with Crippen LogP contribution in [0.2, 0.25) is 0 Å². The van der Waals surface area contributed by atoms with Gasteiger partial charge < -0.3 is 18.9 Å². The maximum absolute atomic E-state index is 13.8. The van der Waals surface area contributed by atoms with Gasteiger partial charge in [0.15, 0.2) is 0 Å². The van der Waals surface area contributed by atoms with E-state index in [1.54, 1.807) is 7.11 Å². The van der Waals surface area contributed by atoms with Gasteiger partial charge in [0.25, 0.3) is 5.85 Å². The van der Waals surface area contributed by atoms with Gasteiger partial charge in [-0.1, -0.05) is 0 Å². The van der Waals surface area contributed by atoms with Gasteiger partial charge >= 0.3 is 11.9 Å². The Labute approximate surface area is 192 Å². The van der Waals surface area contributed by atoms with Crippen molar-refractivity contribution in [3.05, 3.63) is 0 Å². The summed E-state index contributed by atoms with van der Waals surface area (Å²) in [7, 11) is 1.71. The molecule has 0 radical (unpaired) electrons. The van der Waals surface area contributed by atoms with E-state index in [0.717, 1.165) is 64.7 Å². The maximum atomic E-state index is 13.8. The van der Waals surface area contributed by atoms with E-state index in [1.165, 1.54) is 0 Å². The van der Waals surface area contributed by atoms with Crippen LogP contribution in [-0.4, -0.2) is 85.8 Å². The highest BCUT2D eigenvalue weighted by atomic mass is 16.6. The highest BCUT2D eigenvalue weighted by molar-refractivity contribution is 5.79.